The summed E-state index contributed by atoms with van der Waals surface area (Å²) in [6, 6.07) is 13.4. The predicted octanol–water partition coefficient (Wildman–Crippen LogP) is 3.22. The molecule has 0 heterocycles. The Morgan fingerprint density at radius 3 is 2.48 bits per heavy atom. The summed E-state index contributed by atoms with van der Waals surface area (Å²) in [4.78, 5) is 0. The quantitative estimate of drug-likeness (QED) is 0.727. The molecule has 0 saturated heterocycles. The van der Waals surface area contributed by atoms with Gasteiger partial charge in [-0.1, -0.05) is 48.0 Å². The Bertz CT molecular complexity index is 619. The first-order valence-corrected chi connectivity index (χ1v) is 7.88. The minimum Gasteiger partial charge on any atom is -0.493 e. The second-order valence-electron chi connectivity index (χ2n) is 5.15. The number of hydrogen-bond acceptors (Lipinski definition) is 4. The second kappa shape index (κ2) is 8.77. The predicted molar refractivity (Wildman–Crippen MR) is 92.5 cm³/mol. The molecule has 0 amide bonds. The highest BCUT2D eigenvalue weighted by Gasteiger charge is 2.13. The summed E-state index contributed by atoms with van der Waals surface area (Å²) in [6.45, 7) is 1.20. The van der Waals surface area contributed by atoms with Gasteiger partial charge in [0.2, 0.25) is 0 Å². The van der Waals surface area contributed by atoms with Crippen LogP contribution in [0.2, 0.25) is 5.02 Å². The zero-order valence-electron chi connectivity index (χ0n) is 13.4. The lowest BCUT2D eigenvalue weighted by molar-refractivity contribution is 0.175. The normalized spacial score (nSPS) is 12.0. The Morgan fingerprint density at radius 1 is 1.09 bits per heavy atom. The summed E-state index contributed by atoms with van der Waals surface area (Å²) in [5.41, 5.74) is 1.88. The minimum atomic E-state index is -0.517. The van der Waals surface area contributed by atoms with Crippen LogP contribution in [0.25, 0.3) is 0 Å². The number of ether oxygens (including phenoxy) is 2. The van der Waals surface area contributed by atoms with Crippen LogP contribution >= 0.6 is 11.6 Å². The van der Waals surface area contributed by atoms with Crippen molar-refractivity contribution in [2.45, 2.75) is 12.5 Å². The number of aliphatic hydroxyl groups excluding tert-OH is 1. The highest BCUT2D eigenvalue weighted by Crippen LogP contribution is 2.37. The fourth-order valence-corrected chi connectivity index (χ4v) is 2.71. The van der Waals surface area contributed by atoms with E-state index in [0.717, 1.165) is 17.5 Å². The van der Waals surface area contributed by atoms with Crippen LogP contribution < -0.4 is 14.8 Å². The van der Waals surface area contributed by atoms with Gasteiger partial charge in [0, 0.05) is 6.54 Å². The Labute approximate surface area is 142 Å². The Hall–Kier alpha value is -1.75. The summed E-state index contributed by atoms with van der Waals surface area (Å²) in [7, 11) is 3.16. The Morgan fingerprint density at radius 2 is 1.83 bits per heavy atom. The van der Waals surface area contributed by atoms with Crippen LogP contribution in [0.1, 0.15) is 17.2 Å². The number of rotatable bonds is 8. The zero-order valence-corrected chi connectivity index (χ0v) is 14.1. The lowest BCUT2D eigenvalue weighted by atomic mass is 10.1. The minimum absolute atomic E-state index is 0.495. The molecule has 2 rings (SSSR count). The van der Waals surface area contributed by atoms with Crippen molar-refractivity contribution in [2.75, 3.05) is 27.3 Å². The Kier molecular flexibility index (Phi) is 6.71. The van der Waals surface area contributed by atoms with E-state index >= 15 is 0 Å². The molecule has 0 spiro atoms. The summed E-state index contributed by atoms with van der Waals surface area (Å²) in [5, 5.41) is 13.9. The molecule has 0 aliphatic carbocycles. The van der Waals surface area contributed by atoms with Crippen LogP contribution in [0.5, 0.6) is 11.5 Å². The molecule has 4 nitrogen and oxygen atoms in total. The molecule has 23 heavy (non-hydrogen) atoms. The van der Waals surface area contributed by atoms with Gasteiger partial charge in [-0.15, -0.1) is 0 Å². The largest absolute Gasteiger partial charge is 0.493 e. The molecule has 5 heteroatoms. The number of halogens is 1. The van der Waals surface area contributed by atoms with Crippen LogP contribution in [-0.2, 0) is 6.42 Å². The molecule has 1 atom stereocenters. The third-order valence-electron chi connectivity index (χ3n) is 3.66. The van der Waals surface area contributed by atoms with Crippen molar-refractivity contribution in [3.63, 3.8) is 0 Å². The molecule has 0 saturated carbocycles. The van der Waals surface area contributed by atoms with Gasteiger partial charge < -0.3 is 19.9 Å². The topological polar surface area (TPSA) is 50.7 Å². The maximum absolute atomic E-state index is 10.1. The molecule has 2 N–H and O–H groups in total. The van der Waals surface area contributed by atoms with E-state index in [4.69, 9.17) is 21.1 Å². The van der Waals surface area contributed by atoms with E-state index in [9.17, 15) is 5.11 Å². The average Bonchev–Trinajstić information content (AvgIpc) is 2.60. The molecule has 2 aromatic carbocycles. The third kappa shape index (κ3) is 4.61. The molecular formula is C18H22ClNO3. The van der Waals surface area contributed by atoms with E-state index in [1.807, 2.05) is 42.5 Å². The molecule has 2 aromatic rings. The summed E-state index contributed by atoms with van der Waals surface area (Å²) in [5.74, 6) is 1.17. The van der Waals surface area contributed by atoms with Gasteiger partial charge in [-0.05, 0) is 30.2 Å². The van der Waals surface area contributed by atoms with Crippen LogP contribution in [0.4, 0.5) is 0 Å². The van der Waals surface area contributed by atoms with Gasteiger partial charge in [0.05, 0.1) is 25.3 Å². The maximum Gasteiger partial charge on any atom is 0.179 e. The number of aliphatic hydroxyl groups is 1. The van der Waals surface area contributed by atoms with Crippen LogP contribution in [0, 0.1) is 0 Å². The number of nitrogens with one attached hydrogen (secondary N) is 1. The lowest BCUT2D eigenvalue weighted by Gasteiger charge is -2.14. The number of hydrogen-bond donors (Lipinski definition) is 2. The summed E-state index contributed by atoms with van der Waals surface area (Å²) in [6.07, 6.45) is 0.220. The van der Waals surface area contributed by atoms with Gasteiger partial charge >= 0.3 is 0 Å². The molecule has 1 unspecified atom stereocenters. The monoisotopic (exact) mass is 335 g/mol. The van der Waals surface area contributed by atoms with Gasteiger partial charge in [-0.25, -0.2) is 0 Å². The van der Waals surface area contributed by atoms with Crippen molar-refractivity contribution in [1.82, 2.24) is 5.32 Å². The molecule has 0 aromatic heterocycles. The van der Waals surface area contributed by atoms with Crippen LogP contribution in [0.3, 0.4) is 0 Å². The van der Waals surface area contributed by atoms with Crippen molar-refractivity contribution in [2.24, 2.45) is 0 Å². The first kappa shape index (κ1) is 17.6. The average molecular weight is 336 g/mol. The maximum atomic E-state index is 10.1. The fourth-order valence-electron chi connectivity index (χ4n) is 2.38. The van der Waals surface area contributed by atoms with Crippen molar-refractivity contribution in [3.8, 4) is 11.5 Å². The van der Waals surface area contributed by atoms with Gasteiger partial charge in [0.25, 0.3) is 0 Å². The highest BCUT2D eigenvalue weighted by atomic mass is 35.5. The number of benzene rings is 2. The smallest absolute Gasteiger partial charge is 0.179 e. The standard InChI is InChI=1S/C18H22ClNO3/c1-22-16-9-8-14(17(19)18(16)23-2)10-11-20-12-15(21)13-6-4-3-5-7-13/h3-9,15,20-21H,10-12H2,1-2H3. The van der Waals surface area contributed by atoms with E-state index in [0.29, 0.717) is 29.6 Å². The van der Waals surface area contributed by atoms with Gasteiger partial charge in [0.1, 0.15) is 0 Å². The van der Waals surface area contributed by atoms with E-state index in [-0.39, 0.29) is 0 Å². The molecular weight excluding hydrogens is 314 g/mol. The van der Waals surface area contributed by atoms with E-state index in [2.05, 4.69) is 5.32 Å². The zero-order chi connectivity index (χ0) is 16.7. The van der Waals surface area contributed by atoms with E-state index < -0.39 is 6.10 Å². The first-order chi connectivity index (χ1) is 11.2. The van der Waals surface area contributed by atoms with Crippen molar-refractivity contribution in [3.05, 3.63) is 58.6 Å². The molecule has 124 valence electrons. The van der Waals surface area contributed by atoms with E-state index in [1.165, 1.54) is 0 Å². The van der Waals surface area contributed by atoms with Gasteiger partial charge in [-0.3, -0.25) is 0 Å². The Balaban J connectivity index is 1.87. The second-order valence-corrected chi connectivity index (χ2v) is 5.53. The number of methoxy groups -OCH3 is 2. The first-order valence-electron chi connectivity index (χ1n) is 7.50. The third-order valence-corrected chi connectivity index (χ3v) is 4.07. The van der Waals surface area contributed by atoms with Crippen molar-refractivity contribution in [1.29, 1.82) is 0 Å². The van der Waals surface area contributed by atoms with Crippen molar-refractivity contribution < 1.29 is 14.6 Å². The summed E-state index contributed by atoms with van der Waals surface area (Å²) >= 11 is 6.35. The van der Waals surface area contributed by atoms with Crippen LogP contribution in [-0.4, -0.2) is 32.4 Å². The molecule has 0 fully saturated rings. The molecule has 0 aliphatic heterocycles. The van der Waals surface area contributed by atoms with Crippen molar-refractivity contribution >= 4 is 11.6 Å². The van der Waals surface area contributed by atoms with Crippen LogP contribution in [0.15, 0.2) is 42.5 Å². The SMILES string of the molecule is COc1ccc(CCNCC(O)c2ccccc2)c(Cl)c1OC. The summed E-state index contributed by atoms with van der Waals surface area (Å²) < 4.78 is 10.5. The van der Waals surface area contributed by atoms with Gasteiger partial charge in [-0.2, -0.15) is 0 Å². The molecule has 0 radical (unpaired) electrons. The molecule has 0 aliphatic rings. The van der Waals surface area contributed by atoms with E-state index in [1.54, 1.807) is 14.2 Å². The molecule has 0 bridgehead atoms. The van der Waals surface area contributed by atoms with Gasteiger partial charge in [0.15, 0.2) is 11.5 Å². The fraction of sp³-hybridized carbons (Fsp3) is 0.333. The lowest BCUT2D eigenvalue weighted by Crippen LogP contribution is -2.23. The highest BCUT2D eigenvalue weighted by molar-refractivity contribution is 6.33.